The Hall–Kier alpha value is -2.14. The number of aryl methyl sites for hydroxylation is 1. The molecule has 0 aliphatic carbocycles. The number of halogens is 1. The quantitative estimate of drug-likeness (QED) is 0.793. The minimum atomic E-state index is -0.0187. The second-order valence-corrected chi connectivity index (χ2v) is 6.29. The number of carbonyl (C=O) groups is 1. The predicted molar refractivity (Wildman–Crippen MR) is 92.7 cm³/mol. The Morgan fingerprint density at radius 3 is 3.04 bits per heavy atom. The van der Waals surface area contributed by atoms with Crippen LogP contribution in [0.3, 0.4) is 0 Å². The van der Waals surface area contributed by atoms with E-state index in [4.69, 9.17) is 16.1 Å². The van der Waals surface area contributed by atoms with Crippen molar-refractivity contribution < 1.29 is 9.32 Å². The van der Waals surface area contributed by atoms with Crippen LogP contribution in [0.15, 0.2) is 34.9 Å². The Bertz CT molecular complexity index is 741. The number of carbonyl (C=O) groups excluding carboxylic acids is 1. The number of aromatic nitrogens is 2. The van der Waals surface area contributed by atoms with E-state index in [9.17, 15) is 4.79 Å². The largest absolute Gasteiger partial charge is 0.339 e. The zero-order chi connectivity index (χ0) is 16.9. The second kappa shape index (κ2) is 7.62. The molecule has 1 aliphatic rings. The van der Waals surface area contributed by atoms with E-state index < -0.39 is 0 Å². The summed E-state index contributed by atoms with van der Waals surface area (Å²) in [6.45, 7) is 3.35. The highest BCUT2D eigenvalue weighted by molar-refractivity contribution is 6.32. The maximum absolute atomic E-state index is 12.5. The minimum absolute atomic E-state index is 0.0187. The third kappa shape index (κ3) is 3.85. The third-order valence-corrected chi connectivity index (χ3v) is 4.54. The van der Waals surface area contributed by atoms with Gasteiger partial charge in [0.25, 0.3) is 0 Å². The first-order valence-corrected chi connectivity index (χ1v) is 8.59. The molecule has 1 atom stereocenters. The highest BCUT2D eigenvalue weighted by Crippen LogP contribution is 2.26. The van der Waals surface area contributed by atoms with Gasteiger partial charge < -0.3 is 9.42 Å². The van der Waals surface area contributed by atoms with Crippen molar-refractivity contribution in [2.45, 2.75) is 32.1 Å². The lowest BCUT2D eigenvalue weighted by Gasteiger charge is -2.30. The molecule has 2 heterocycles. The predicted octanol–water partition coefficient (Wildman–Crippen LogP) is 3.70. The first kappa shape index (κ1) is 16.7. The van der Waals surface area contributed by atoms with Crippen molar-refractivity contribution in [1.29, 1.82) is 0 Å². The van der Waals surface area contributed by atoms with Crippen molar-refractivity contribution in [3.8, 4) is 0 Å². The second-order valence-electron chi connectivity index (χ2n) is 5.88. The van der Waals surface area contributed by atoms with Gasteiger partial charge in [-0.15, -0.1) is 0 Å². The molecule has 0 unspecified atom stereocenters. The molecule has 3 rings (SSSR count). The van der Waals surface area contributed by atoms with Gasteiger partial charge in [0.2, 0.25) is 11.8 Å². The number of nitrogens with zero attached hydrogens (tertiary/aromatic N) is 3. The number of hydrogen-bond acceptors (Lipinski definition) is 4. The van der Waals surface area contributed by atoms with Crippen LogP contribution in [0, 0.1) is 0 Å². The van der Waals surface area contributed by atoms with Crippen LogP contribution in [0.1, 0.15) is 43.0 Å². The molecule has 1 aromatic heterocycles. The van der Waals surface area contributed by atoms with Crippen LogP contribution >= 0.6 is 11.6 Å². The topological polar surface area (TPSA) is 59.2 Å². The molecule has 126 valence electrons. The fourth-order valence-electron chi connectivity index (χ4n) is 2.83. The Morgan fingerprint density at radius 1 is 1.46 bits per heavy atom. The average molecular weight is 346 g/mol. The molecule has 1 aliphatic heterocycles. The van der Waals surface area contributed by atoms with E-state index >= 15 is 0 Å². The summed E-state index contributed by atoms with van der Waals surface area (Å²) in [5, 5.41) is 4.58. The molecule has 2 aromatic rings. The molecule has 24 heavy (non-hydrogen) atoms. The zero-order valence-electron chi connectivity index (χ0n) is 13.6. The minimum Gasteiger partial charge on any atom is -0.339 e. The van der Waals surface area contributed by atoms with Gasteiger partial charge in [-0.3, -0.25) is 4.79 Å². The lowest BCUT2D eigenvalue weighted by atomic mass is 9.98. The van der Waals surface area contributed by atoms with Crippen molar-refractivity contribution in [3.05, 3.63) is 52.6 Å². The van der Waals surface area contributed by atoms with Gasteiger partial charge in [0.1, 0.15) is 0 Å². The summed E-state index contributed by atoms with van der Waals surface area (Å²) in [7, 11) is 0. The summed E-state index contributed by atoms with van der Waals surface area (Å²) < 4.78 is 5.33. The molecule has 1 amide bonds. The van der Waals surface area contributed by atoms with E-state index in [2.05, 4.69) is 10.1 Å². The van der Waals surface area contributed by atoms with Gasteiger partial charge in [0, 0.05) is 30.6 Å². The lowest BCUT2D eigenvalue weighted by molar-refractivity contribution is -0.127. The lowest BCUT2D eigenvalue weighted by Crippen LogP contribution is -2.38. The van der Waals surface area contributed by atoms with Gasteiger partial charge in [-0.25, -0.2) is 0 Å². The Morgan fingerprint density at radius 2 is 2.29 bits per heavy atom. The standard InChI is InChI=1S/C18H20ClN3O2/c1-2-16-20-18(24-21-16)14-7-5-11-22(12-14)17(23)10-9-13-6-3-4-8-15(13)19/h3-4,6,8-10,14H,2,5,7,11-12H2,1H3/b10-9+/t14-/m1/s1. The molecule has 0 radical (unpaired) electrons. The number of piperidine rings is 1. The highest BCUT2D eigenvalue weighted by atomic mass is 35.5. The normalized spacial score (nSPS) is 18.2. The molecular formula is C18H20ClN3O2. The number of amides is 1. The molecule has 0 spiro atoms. The van der Waals surface area contributed by atoms with Crippen LogP contribution < -0.4 is 0 Å². The fourth-order valence-corrected chi connectivity index (χ4v) is 3.03. The van der Waals surface area contributed by atoms with Crippen LogP contribution in [0.25, 0.3) is 6.08 Å². The summed E-state index contributed by atoms with van der Waals surface area (Å²) in [5.41, 5.74) is 0.838. The Balaban J connectivity index is 1.65. The summed E-state index contributed by atoms with van der Waals surface area (Å²) in [5.74, 6) is 1.45. The molecule has 1 saturated heterocycles. The average Bonchev–Trinajstić information content (AvgIpc) is 3.10. The number of likely N-dealkylation sites (tertiary alicyclic amines) is 1. The fraction of sp³-hybridized carbons (Fsp3) is 0.389. The van der Waals surface area contributed by atoms with E-state index in [-0.39, 0.29) is 11.8 Å². The van der Waals surface area contributed by atoms with Crippen LogP contribution in [0.5, 0.6) is 0 Å². The van der Waals surface area contributed by atoms with Crippen molar-refractivity contribution in [3.63, 3.8) is 0 Å². The SMILES string of the molecule is CCc1noc([C@@H]2CCCN(C(=O)/C=C/c3ccccc3Cl)C2)n1. The van der Waals surface area contributed by atoms with Crippen LogP contribution in [-0.4, -0.2) is 34.0 Å². The Kier molecular flexibility index (Phi) is 5.30. The van der Waals surface area contributed by atoms with Crippen molar-refractivity contribution in [2.75, 3.05) is 13.1 Å². The van der Waals surface area contributed by atoms with Gasteiger partial charge in [-0.05, 0) is 30.5 Å². The van der Waals surface area contributed by atoms with Crippen molar-refractivity contribution >= 4 is 23.6 Å². The maximum atomic E-state index is 12.5. The molecule has 1 aromatic carbocycles. The monoisotopic (exact) mass is 345 g/mol. The van der Waals surface area contributed by atoms with Crippen LogP contribution in [-0.2, 0) is 11.2 Å². The molecule has 0 N–H and O–H groups in total. The first-order chi connectivity index (χ1) is 11.7. The van der Waals surface area contributed by atoms with Crippen LogP contribution in [0.2, 0.25) is 5.02 Å². The van der Waals surface area contributed by atoms with Gasteiger partial charge >= 0.3 is 0 Å². The first-order valence-electron chi connectivity index (χ1n) is 8.21. The van der Waals surface area contributed by atoms with E-state index in [1.54, 1.807) is 12.2 Å². The molecule has 1 fully saturated rings. The van der Waals surface area contributed by atoms with E-state index in [0.717, 1.165) is 31.4 Å². The summed E-state index contributed by atoms with van der Waals surface area (Å²) in [4.78, 5) is 18.7. The van der Waals surface area contributed by atoms with Crippen LogP contribution in [0.4, 0.5) is 0 Å². The van der Waals surface area contributed by atoms with Gasteiger partial charge in [-0.1, -0.05) is 41.9 Å². The summed E-state index contributed by atoms with van der Waals surface area (Å²) in [6, 6.07) is 7.46. The molecule has 5 nitrogen and oxygen atoms in total. The van der Waals surface area contributed by atoms with Gasteiger partial charge in [0.05, 0.1) is 5.92 Å². The Labute approximate surface area is 146 Å². The highest BCUT2D eigenvalue weighted by Gasteiger charge is 2.27. The van der Waals surface area contributed by atoms with Crippen molar-refractivity contribution in [1.82, 2.24) is 15.0 Å². The van der Waals surface area contributed by atoms with E-state index in [0.29, 0.717) is 23.3 Å². The summed E-state index contributed by atoms with van der Waals surface area (Å²) in [6.07, 6.45) is 5.98. The summed E-state index contributed by atoms with van der Waals surface area (Å²) >= 11 is 6.11. The molecule has 0 bridgehead atoms. The molecule has 0 saturated carbocycles. The smallest absolute Gasteiger partial charge is 0.246 e. The maximum Gasteiger partial charge on any atom is 0.246 e. The van der Waals surface area contributed by atoms with E-state index in [1.807, 2.05) is 36.1 Å². The number of benzene rings is 1. The third-order valence-electron chi connectivity index (χ3n) is 4.19. The van der Waals surface area contributed by atoms with Crippen molar-refractivity contribution in [2.24, 2.45) is 0 Å². The number of hydrogen-bond donors (Lipinski definition) is 0. The van der Waals surface area contributed by atoms with E-state index in [1.165, 1.54) is 0 Å². The zero-order valence-corrected chi connectivity index (χ0v) is 14.4. The number of rotatable bonds is 4. The van der Waals surface area contributed by atoms with Gasteiger partial charge in [0.15, 0.2) is 5.82 Å². The van der Waals surface area contributed by atoms with Gasteiger partial charge in [-0.2, -0.15) is 4.98 Å². The molecule has 6 heteroatoms. The molecular weight excluding hydrogens is 326 g/mol.